The summed E-state index contributed by atoms with van der Waals surface area (Å²) in [6, 6.07) is 0. The minimum Gasteiger partial charge on any atom is -0.303 e. The van der Waals surface area contributed by atoms with E-state index in [-0.39, 0.29) is 11.3 Å². The van der Waals surface area contributed by atoms with Gasteiger partial charge in [0.25, 0.3) is 0 Å². The molecule has 0 spiro atoms. The van der Waals surface area contributed by atoms with Gasteiger partial charge in [-0.1, -0.05) is 132 Å². The molecule has 3 aliphatic carbocycles. The van der Waals surface area contributed by atoms with Crippen molar-refractivity contribution in [1.29, 1.82) is 0 Å². The number of allylic oxidation sites excluding steroid dienone is 20. The van der Waals surface area contributed by atoms with Crippen LogP contribution in [-0.2, 0) is 24.0 Å². The first kappa shape index (κ1) is 67.8. The Kier molecular flexibility index (Phi) is 39.1. The molecule has 0 amide bonds. The van der Waals surface area contributed by atoms with Gasteiger partial charge in [-0.25, -0.2) is 0 Å². The average molecular weight is 966 g/mol. The van der Waals surface area contributed by atoms with E-state index in [9.17, 15) is 24.0 Å². The third-order valence-electron chi connectivity index (χ3n) is 13.3. The van der Waals surface area contributed by atoms with E-state index in [0.717, 1.165) is 139 Å². The van der Waals surface area contributed by atoms with Crippen LogP contribution in [0.25, 0.3) is 0 Å². The van der Waals surface area contributed by atoms with E-state index in [4.69, 9.17) is 0 Å². The maximum absolute atomic E-state index is 10.9. The minimum atomic E-state index is -0.0833. The molecule has 0 aromatic heterocycles. The Morgan fingerprint density at radius 2 is 1.19 bits per heavy atom. The van der Waals surface area contributed by atoms with E-state index in [2.05, 4.69) is 139 Å². The molecule has 3 aliphatic rings. The molecule has 70 heavy (non-hydrogen) atoms. The summed E-state index contributed by atoms with van der Waals surface area (Å²) in [5.74, 6) is 0.494. The Morgan fingerprint density at radius 3 is 1.61 bits per heavy atom. The molecular weight excluding hydrogens is 861 g/mol. The van der Waals surface area contributed by atoms with Crippen molar-refractivity contribution in [2.24, 2.45) is 22.7 Å². The van der Waals surface area contributed by atoms with Crippen LogP contribution in [0.4, 0.5) is 0 Å². The molecule has 0 heterocycles. The predicted octanol–water partition coefficient (Wildman–Crippen LogP) is 18.9. The van der Waals surface area contributed by atoms with Crippen LogP contribution in [0.15, 0.2) is 116 Å². The minimum absolute atomic E-state index is 0.0833. The summed E-state index contributed by atoms with van der Waals surface area (Å²) in [4.78, 5) is 52.3. The SMILES string of the molecule is CC(C)=CCC/C(C)=C/CCC(C)C=O.CC(C)=CCCC(C)=CC=O.CC(C)=CCCC1=CCC(C)(C=O)CC1.CC(C)=CCCC1=CCC(C=O)CC1.CC1=C(C/C=C(\C)C=O)C(C)(C)CCC1. The quantitative estimate of drug-likeness (QED) is 0.0613. The van der Waals surface area contributed by atoms with Crippen molar-refractivity contribution in [3.8, 4) is 0 Å². The van der Waals surface area contributed by atoms with Gasteiger partial charge in [-0.2, -0.15) is 0 Å². The summed E-state index contributed by atoms with van der Waals surface area (Å²) in [6.07, 6.45) is 46.5. The predicted molar refractivity (Wildman–Crippen MR) is 305 cm³/mol. The monoisotopic (exact) mass is 965 g/mol. The number of aldehydes is 5. The van der Waals surface area contributed by atoms with E-state index >= 15 is 0 Å². The first-order valence-corrected chi connectivity index (χ1v) is 26.8. The molecule has 0 aromatic rings. The van der Waals surface area contributed by atoms with Crippen molar-refractivity contribution >= 4 is 31.4 Å². The molecule has 0 aliphatic heterocycles. The Morgan fingerprint density at radius 1 is 0.643 bits per heavy atom. The number of hydrogen-bond donors (Lipinski definition) is 0. The van der Waals surface area contributed by atoms with Crippen molar-refractivity contribution in [2.45, 2.75) is 239 Å². The van der Waals surface area contributed by atoms with Crippen molar-refractivity contribution in [1.82, 2.24) is 0 Å². The van der Waals surface area contributed by atoms with E-state index in [1.165, 1.54) is 76.7 Å². The van der Waals surface area contributed by atoms with Crippen LogP contribution in [0.5, 0.6) is 0 Å². The summed E-state index contributed by atoms with van der Waals surface area (Å²) in [5, 5.41) is 0. The Hall–Kier alpha value is -4.25. The molecule has 0 bridgehead atoms. The first-order chi connectivity index (χ1) is 33.0. The van der Waals surface area contributed by atoms with E-state index in [1.54, 1.807) is 11.6 Å². The fraction of sp³-hybridized carbons (Fsp3) is 0.615. The van der Waals surface area contributed by atoms with Crippen molar-refractivity contribution in [2.75, 3.05) is 0 Å². The second-order valence-electron chi connectivity index (χ2n) is 22.3. The highest BCUT2D eigenvalue weighted by atomic mass is 16.1. The molecule has 0 fully saturated rings. The highest BCUT2D eigenvalue weighted by Gasteiger charge is 2.27. The first-order valence-electron chi connectivity index (χ1n) is 26.8. The Balaban J connectivity index is 0. The maximum atomic E-state index is 10.9. The van der Waals surface area contributed by atoms with Gasteiger partial charge in [-0.05, 0) is 229 Å². The normalized spacial score (nSPS) is 19.0. The van der Waals surface area contributed by atoms with Gasteiger partial charge >= 0.3 is 0 Å². The Labute approximate surface area is 431 Å². The molecule has 0 N–H and O–H groups in total. The maximum Gasteiger partial charge on any atom is 0.145 e. The molecule has 0 aromatic carbocycles. The zero-order chi connectivity index (χ0) is 53.5. The summed E-state index contributed by atoms with van der Waals surface area (Å²) in [5.41, 5.74) is 15.3. The summed E-state index contributed by atoms with van der Waals surface area (Å²) in [6.45, 7) is 33.9. The van der Waals surface area contributed by atoms with Crippen molar-refractivity contribution < 1.29 is 24.0 Å². The van der Waals surface area contributed by atoms with Crippen LogP contribution < -0.4 is 0 Å². The molecular formula is C65H104O5. The Bertz CT molecular complexity index is 1860. The number of carbonyl (C=O) groups excluding carboxylic acids is 5. The van der Waals surface area contributed by atoms with Gasteiger partial charge in [0.2, 0.25) is 0 Å². The van der Waals surface area contributed by atoms with Gasteiger partial charge < -0.3 is 14.4 Å². The van der Waals surface area contributed by atoms with Gasteiger partial charge in [-0.15, -0.1) is 0 Å². The van der Waals surface area contributed by atoms with E-state index < -0.39 is 0 Å². The lowest BCUT2D eigenvalue weighted by Crippen LogP contribution is -2.20. The van der Waals surface area contributed by atoms with Gasteiger partial charge in [-0.3, -0.25) is 9.59 Å². The van der Waals surface area contributed by atoms with Crippen LogP contribution in [0.2, 0.25) is 0 Å². The molecule has 394 valence electrons. The topological polar surface area (TPSA) is 85.3 Å². The van der Waals surface area contributed by atoms with Crippen LogP contribution >= 0.6 is 0 Å². The summed E-state index contributed by atoms with van der Waals surface area (Å²) < 4.78 is 0. The van der Waals surface area contributed by atoms with Gasteiger partial charge in [0.1, 0.15) is 31.4 Å². The molecule has 5 heteroatoms. The molecule has 0 saturated carbocycles. The van der Waals surface area contributed by atoms with Gasteiger partial charge in [0.15, 0.2) is 0 Å². The molecule has 3 unspecified atom stereocenters. The summed E-state index contributed by atoms with van der Waals surface area (Å²) in [7, 11) is 0. The second kappa shape index (κ2) is 40.4. The molecule has 0 radical (unpaired) electrons. The smallest absolute Gasteiger partial charge is 0.145 e. The molecule has 3 rings (SSSR count). The van der Waals surface area contributed by atoms with Crippen molar-refractivity contribution in [3.63, 3.8) is 0 Å². The van der Waals surface area contributed by atoms with Crippen LogP contribution in [0.1, 0.15) is 239 Å². The zero-order valence-corrected chi connectivity index (χ0v) is 47.9. The molecule has 5 nitrogen and oxygen atoms in total. The zero-order valence-electron chi connectivity index (χ0n) is 47.9. The third-order valence-corrected chi connectivity index (χ3v) is 13.3. The number of carbonyl (C=O) groups is 5. The van der Waals surface area contributed by atoms with Crippen LogP contribution in [0, 0.1) is 22.7 Å². The largest absolute Gasteiger partial charge is 0.303 e. The van der Waals surface area contributed by atoms with Gasteiger partial charge in [0.05, 0.1) is 0 Å². The lowest BCUT2D eigenvalue weighted by molar-refractivity contribution is -0.116. The number of rotatable bonds is 22. The lowest BCUT2D eigenvalue weighted by Gasteiger charge is -2.34. The average Bonchev–Trinajstić information content (AvgIpc) is 3.30. The second-order valence-corrected chi connectivity index (χ2v) is 22.3. The molecule has 3 atom stereocenters. The highest BCUT2D eigenvalue weighted by Crippen LogP contribution is 2.42. The van der Waals surface area contributed by atoms with Gasteiger partial charge in [0, 0.05) is 17.3 Å². The lowest BCUT2D eigenvalue weighted by atomic mass is 9.71. The van der Waals surface area contributed by atoms with E-state index in [1.807, 2.05) is 20.8 Å². The fourth-order valence-electron chi connectivity index (χ4n) is 8.29. The highest BCUT2D eigenvalue weighted by molar-refractivity contribution is 5.72. The van der Waals surface area contributed by atoms with Crippen molar-refractivity contribution in [3.05, 3.63) is 116 Å². The standard InChI is InChI=1S/2C14H22O.C14H24O.C13H20O.C10H16O/c1-11(10-15)7-8-13-12(2)6-5-9-14(13,3)4;1-12(2)5-4-6-13-7-9-14(3,11-15)10-8-13;1-12(2)7-5-8-13(3)9-6-10-14(4)11-15;1-11(2)4-3-5-12-6-8-13(10-14)9-7-12;1-9(2)5-4-6-10(3)7-8-11/h7,10H,5-6,8-9H2,1-4H3;5,7,11H,4,6,8-10H2,1-3H3;7,9,11,14H,5-6,8,10H2,1-4H3;4,6,10,13H,3,5,7-9H2,1-2H3;5,7-8H,4,6H2,1-3H3/b11-7+;;13-9+;;. The summed E-state index contributed by atoms with van der Waals surface area (Å²) >= 11 is 0. The van der Waals surface area contributed by atoms with Crippen LogP contribution in [0.3, 0.4) is 0 Å². The molecule has 0 saturated heterocycles. The van der Waals surface area contributed by atoms with E-state index in [0.29, 0.717) is 11.3 Å². The fourth-order valence-corrected chi connectivity index (χ4v) is 8.29. The van der Waals surface area contributed by atoms with Crippen LogP contribution in [-0.4, -0.2) is 31.4 Å². The number of hydrogen-bond acceptors (Lipinski definition) is 5. The third kappa shape index (κ3) is 37.6.